The Morgan fingerprint density at radius 3 is 2.50 bits per heavy atom. The van der Waals surface area contributed by atoms with E-state index in [2.05, 4.69) is 4.98 Å². The molecule has 1 aromatic carbocycles. The number of aromatic hydroxyl groups is 1. The number of pyridine rings is 1. The fourth-order valence-electron chi connectivity index (χ4n) is 1.88. The average molecular weight is 308 g/mol. The Bertz CT molecular complexity index is 651. The summed E-state index contributed by atoms with van der Waals surface area (Å²) in [5.74, 6) is 0.595. The second-order valence-corrected chi connectivity index (χ2v) is 5.67. The van der Waals surface area contributed by atoms with Crippen LogP contribution in [0.2, 0.25) is 10.0 Å². The number of hydrogen-bond acceptors (Lipinski definition) is 2. The maximum atomic E-state index is 9.96. The van der Waals surface area contributed by atoms with Gasteiger partial charge >= 0.3 is 0 Å². The smallest absolute Gasteiger partial charge is 0.119 e. The lowest BCUT2D eigenvalue weighted by Gasteiger charge is -2.08. The van der Waals surface area contributed by atoms with Crippen molar-refractivity contribution >= 4 is 35.4 Å². The van der Waals surface area contributed by atoms with Crippen molar-refractivity contribution in [2.75, 3.05) is 0 Å². The van der Waals surface area contributed by atoms with Crippen LogP contribution >= 0.6 is 23.2 Å². The van der Waals surface area contributed by atoms with E-state index in [9.17, 15) is 5.11 Å². The summed E-state index contributed by atoms with van der Waals surface area (Å²) >= 11 is 11.8. The van der Waals surface area contributed by atoms with Gasteiger partial charge in [0.25, 0.3) is 0 Å². The van der Waals surface area contributed by atoms with E-state index < -0.39 is 0 Å². The van der Waals surface area contributed by atoms with Crippen molar-refractivity contribution in [2.24, 2.45) is 0 Å². The van der Waals surface area contributed by atoms with Gasteiger partial charge in [-0.1, -0.05) is 55.3 Å². The third-order valence-electron chi connectivity index (χ3n) is 2.95. The molecule has 20 heavy (non-hydrogen) atoms. The molecule has 0 radical (unpaired) electrons. The minimum Gasteiger partial charge on any atom is -0.508 e. The van der Waals surface area contributed by atoms with Gasteiger partial charge in [-0.3, -0.25) is 4.98 Å². The molecule has 2 aromatic rings. The standard InChI is InChI=1S/C16H15Cl2NO/c1-10(2)13-5-3-11(7-16(13)20)4-6-15-14(18)8-12(17)9-19-15/h3-10,20H,1-2H3/b6-4+. The molecule has 2 rings (SSSR count). The highest BCUT2D eigenvalue weighted by Crippen LogP contribution is 2.27. The number of phenols is 1. The van der Waals surface area contributed by atoms with Crippen LogP contribution in [0.3, 0.4) is 0 Å². The molecule has 0 saturated carbocycles. The van der Waals surface area contributed by atoms with Crippen molar-refractivity contribution in [3.05, 3.63) is 57.3 Å². The monoisotopic (exact) mass is 307 g/mol. The highest BCUT2D eigenvalue weighted by atomic mass is 35.5. The number of rotatable bonds is 3. The number of hydrogen-bond donors (Lipinski definition) is 1. The topological polar surface area (TPSA) is 33.1 Å². The van der Waals surface area contributed by atoms with E-state index in [1.54, 1.807) is 24.4 Å². The lowest BCUT2D eigenvalue weighted by atomic mass is 10.0. The number of nitrogens with zero attached hydrogens (tertiary/aromatic N) is 1. The molecule has 0 aliphatic rings. The van der Waals surface area contributed by atoms with Crippen molar-refractivity contribution in [1.82, 2.24) is 4.98 Å². The predicted octanol–water partition coefficient (Wildman–Crippen LogP) is 5.39. The number of phenolic OH excluding ortho intramolecular Hbond substituents is 1. The molecule has 1 aromatic heterocycles. The predicted molar refractivity (Wildman–Crippen MR) is 85.4 cm³/mol. The van der Waals surface area contributed by atoms with Gasteiger partial charge in [-0.25, -0.2) is 0 Å². The Morgan fingerprint density at radius 2 is 1.90 bits per heavy atom. The van der Waals surface area contributed by atoms with Crippen LogP contribution in [0.25, 0.3) is 12.2 Å². The molecule has 0 unspecified atom stereocenters. The van der Waals surface area contributed by atoms with E-state index in [1.807, 2.05) is 32.1 Å². The maximum Gasteiger partial charge on any atom is 0.119 e. The second-order valence-electron chi connectivity index (χ2n) is 4.83. The van der Waals surface area contributed by atoms with Gasteiger partial charge in [0, 0.05) is 6.20 Å². The van der Waals surface area contributed by atoms with Crippen molar-refractivity contribution in [1.29, 1.82) is 0 Å². The molecule has 0 bridgehead atoms. The van der Waals surface area contributed by atoms with Gasteiger partial charge in [0.05, 0.1) is 15.7 Å². The maximum absolute atomic E-state index is 9.96. The number of benzene rings is 1. The van der Waals surface area contributed by atoms with Gasteiger partial charge in [-0.05, 0) is 35.3 Å². The molecule has 104 valence electrons. The summed E-state index contributed by atoms with van der Waals surface area (Å²) in [6.45, 7) is 4.09. The van der Waals surface area contributed by atoms with E-state index in [4.69, 9.17) is 23.2 Å². The molecule has 0 aliphatic carbocycles. The summed E-state index contributed by atoms with van der Waals surface area (Å²) in [6.07, 6.45) is 5.20. The summed E-state index contributed by atoms with van der Waals surface area (Å²) in [4.78, 5) is 4.15. The number of halogens is 2. The Labute approximate surface area is 128 Å². The van der Waals surface area contributed by atoms with E-state index in [0.717, 1.165) is 11.1 Å². The quantitative estimate of drug-likeness (QED) is 0.825. The van der Waals surface area contributed by atoms with E-state index in [0.29, 0.717) is 27.4 Å². The highest BCUT2D eigenvalue weighted by Gasteiger charge is 2.05. The van der Waals surface area contributed by atoms with Gasteiger partial charge in [-0.2, -0.15) is 0 Å². The van der Waals surface area contributed by atoms with Gasteiger partial charge in [0.2, 0.25) is 0 Å². The molecule has 1 heterocycles. The van der Waals surface area contributed by atoms with Crippen LogP contribution < -0.4 is 0 Å². The van der Waals surface area contributed by atoms with Crippen LogP contribution in [0.4, 0.5) is 0 Å². The van der Waals surface area contributed by atoms with E-state index in [-0.39, 0.29) is 0 Å². The van der Waals surface area contributed by atoms with Crippen LogP contribution in [0.1, 0.15) is 36.6 Å². The fourth-order valence-corrected chi connectivity index (χ4v) is 2.32. The van der Waals surface area contributed by atoms with Crippen molar-refractivity contribution in [3.8, 4) is 5.75 Å². The van der Waals surface area contributed by atoms with Gasteiger partial charge in [0.15, 0.2) is 0 Å². The van der Waals surface area contributed by atoms with Crippen LogP contribution in [0.5, 0.6) is 5.75 Å². The van der Waals surface area contributed by atoms with Gasteiger partial charge in [0.1, 0.15) is 5.75 Å². The summed E-state index contributed by atoms with van der Waals surface area (Å²) in [5.41, 5.74) is 2.47. The Hall–Kier alpha value is -1.51. The molecule has 0 aliphatic heterocycles. The summed E-state index contributed by atoms with van der Waals surface area (Å²) < 4.78 is 0. The largest absolute Gasteiger partial charge is 0.508 e. The zero-order chi connectivity index (χ0) is 14.7. The molecule has 4 heteroatoms. The fraction of sp³-hybridized carbons (Fsp3) is 0.188. The molecular weight excluding hydrogens is 293 g/mol. The molecule has 0 atom stereocenters. The zero-order valence-electron chi connectivity index (χ0n) is 11.3. The van der Waals surface area contributed by atoms with Crippen LogP contribution in [-0.2, 0) is 0 Å². The van der Waals surface area contributed by atoms with Crippen molar-refractivity contribution < 1.29 is 5.11 Å². The molecular formula is C16H15Cl2NO. The Balaban J connectivity index is 2.25. The zero-order valence-corrected chi connectivity index (χ0v) is 12.8. The van der Waals surface area contributed by atoms with Crippen LogP contribution in [-0.4, -0.2) is 10.1 Å². The first-order valence-corrected chi connectivity index (χ1v) is 7.05. The molecule has 0 saturated heterocycles. The van der Waals surface area contributed by atoms with Crippen LogP contribution in [0, 0.1) is 0 Å². The third-order valence-corrected chi connectivity index (χ3v) is 3.46. The van der Waals surface area contributed by atoms with E-state index >= 15 is 0 Å². The summed E-state index contributed by atoms with van der Waals surface area (Å²) in [7, 11) is 0. The first-order chi connectivity index (χ1) is 9.47. The average Bonchev–Trinajstić information content (AvgIpc) is 2.37. The minimum absolute atomic E-state index is 0.292. The molecule has 2 nitrogen and oxygen atoms in total. The lowest BCUT2D eigenvalue weighted by Crippen LogP contribution is -1.88. The molecule has 0 fully saturated rings. The van der Waals surface area contributed by atoms with Gasteiger partial charge in [-0.15, -0.1) is 0 Å². The summed E-state index contributed by atoms with van der Waals surface area (Å²) in [5, 5.41) is 11.0. The lowest BCUT2D eigenvalue weighted by molar-refractivity contribution is 0.465. The molecule has 0 spiro atoms. The Kier molecular flexibility index (Phi) is 4.69. The summed E-state index contributed by atoms with van der Waals surface area (Å²) in [6, 6.07) is 7.26. The first-order valence-electron chi connectivity index (χ1n) is 6.29. The Morgan fingerprint density at radius 1 is 1.15 bits per heavy atom. The highest BCUT2D eigenvalue weighted by molar-refractivity contribution is 6.35. The van der Waals surface area contributed by atoms with E-state index in [1.165, 1.54) is 0 Å². The van der Waals surface area contributed by atoms with Gasteiger partial charge < -0.3 is 5.11 Å². The third kappa shape index (κ3) is 3.53. The molecule has 1 N–H and O–H groups in total. The van der Waals surface area contributed by atoms with Crippen molar-refractivity contribution in [3.63, 3.8) is 0 Å². The molecule has 0 amide bonds. The number of aromatic nitrogens is 1. The van der Waals surface area contributed by atoms with Crippen molar-refractivity contribution in [2.45, 2.75) is 19.8 Å². The first kappa shape index (κ1) is 14.9. The second kappa shape index (κ2) is 6.29. The SMILES string of the molecule is CC(C)c1ccc(/C=C/c2ncc(Cl)cc2Cl)cc1O. The minimum atomic E-state index is 0.292. The van der Waals surface area contributed by atoms with Crippen LogP contribution in [0.15, 0.2) is 30.5 Å². The normalized spacial score (nSPS) is 11.4.